The predicted molar refractivity (Wildman–Crippen MR) is 70.7 cm³/mol. The molecule has 3 rings (SSSR count). The van der Waals surface area contributed by atoms with Crippen LogP contribution < -0.4 is 4.90 Å². The molecule has 1 heterocycles. The zero-order valence-corrected chi connectivity index (χ0v) is 10.8. The number of benzene rings is 1. The summed E-state index contributed by atoms with van der Waals surface area (Å²) in [6, 6.07) is 6.18. The van der Waals surface area contributed by atoms with Crippen LogP contribution >= 0.6 is 0 Å². The number of aryl methyl sites for hydroxylation is 1. The number of carbonyl (C=O) groups excluding carboxylic acids is 1. The molecule has 1 aromatic carbocycles. The number of rotatable bonds is 1. The van der Waals surface area contributed by atoms with Crippen LogP contribution in [0.25, 0.3) is 0 Å². The molecule has 0 spiro atoms. The van der Waals surface area contributed by atoms with E-state index in [1.165, 1.54) is 11.1 Å². The molecule has 2 aliphatic rings. The van der Waals surface area contributed by atoms with Crippen molar-refractivity contribution in [3.63, 3.8) is 0 Å². The van der Waals surface area contributed by atoms with Crippen molar-refractivity contribution in [3.8, 4) is 0 Å². The van der Waals surface area contributed by atoms with E-state index in [2.05, 4.69) is 13.0 Å². The molecular formula is C15H19NO2. The Morgan fingerprint density at radius 1 is 1.33 bits per heavy atom. The second-order valence-corrected chi connectivity index (χ2v) is 5.58. The molecule has 1 amide bonds. The molecule has 0 bridgehead atoms. The van der Waals surface area contributed by atoms with Crippen LogP contribution in [0.15, 0.2) is 18.2 Å². The van der Waals surface area contributed by atoms with Crippen molar-refractivity contribution in [2.75, 3.05) is 11.4 Å². The van der Waals surface area contributed by atoms with E-state index >= 15 is 0 Å². The lowest BCUT2D eigenvalue weighted by Crippen LogP contribution is -2.46. The van der Waals surface area contributed by atoms with Gasteiger partial charge in [-0.25, -0.2) is 0 Å². The van der Waals surface area contributed by atoms with Crippen molar-refractivity contribution in [2.45, 2.75) is 44.6 Å². The summed E-state index contributed by atoms with van der Waals surface area (Å²) >= 11 is 0. The number of aliphatic hydroxyl groups is 1. The first kappa shape index (κ1) is 11.7. The maximum Gasteiger partial charge on any atom is 0.258 e. The highest BCUT2D eigenvalue weighted by atomic mass is 16.3. The van der Waals surface area contributed by atoms with Gasteiger partial charge in [-0.1, -0.05) is 17.7 Å². The number of hydrogen-bond acceptors (Lipinski definition) is 2. The number of carbonyl (C=O) groups is 1. The largest absolute Gasteiger partial charge is 0.380 e. The minimum Gasteiger partial charge on any atom is -0.380 e. The van der Waals surface area contributed by atoms with Crippen LogP contribution in [0.4, 0.5) is 5.69 Å². The predicted octanol–water partition coefficient (Wildman–Crippen LogP) is 2.19. The van der Waals surface area contributed by atoms with Crippen LogP contribution in [-0.2, 0) is 11.2 Å². The molecule has 3 nitrogen and oxygen atoms in total. The van der Waals surface area contributed by atoms with Gasteiger partial charge in [0, 0.05) is 12.2 Å². The second-order valence-electron chi connectivity index (χ2n) is 5.58. The topological polar surface area (TPSA) is 40.5 Å². The van der Waals surface area contributed by atoms with Crippen molar-refractivity contribution < 1.29 is 9.90 Å². The third kappa shape index (κ3) is 1.74. The first-order valence-corrected chi connectivity index (χ1v) is 6.74. The first-order valence-electron chi connectivity index (χ1n) is 6.74. The van der Waals surface area contributed by atoms with E-state index in [1.54, 1.807) is 4.90 Å². The van der Waals surface area contributed by atoms with Crippen LogP contribution in [0, 0.1) is 6.92 Å². The van der Waals surface area contributed by atoms with Crippen LogP contribution in [0.3, 0.4) is 0 Å². The summed E-state index contributed by atoms with van der Waals surface area (Å²) in [5.74, 6) is -0.0948. The number of amides is 1. The third-order valence-electron chi connectivity index (χ3n) is 4.20. The summed E-state index contributed by atoms with van der Waals surface area (Å²) in [5.41, 5.74) is 2.34. The molecule has 1 N–H and O–H groups in total. The van der Waals surface area contributed by atoms with E-state index in [9.17, 15) is 9.90 Å². The van der Waals surface area contributed by atoms with Gasteiger partial charge < -0.3 is 10.0 Å². The van der Waals surface area contributed by atoms with E-state index in [-0.39, 0.29) is 5.91 Å². The Kier molecular flexibility index (Phi) is 2.67. The quantitative estimate of drug-likeness (QED) is 0.824. The molecule has 0 atom stereocenters. The summed E-state index contributed by atoms with van der Waals surface area (Å²) in [5, 5.41) is 10.4. The lowest BCUT2D eigenvalue weighted by Gasteiger charge is -2.28. The molecule has 1 aromatic rings. The van der Waals surface area contributed by atoms with Crippen LogP contribution in [0.2, 0.25) is 0 Å². The highest BCUT2D eigenvalue weighted by Gasteiger charge is 2.43. The van der Waals surface area contributed by atoms with Gasteiger partial charge >= 0.3 is 0 Å². The van der Waals surface area contributed by atoms with E-state index in [1.807, 2.05) is 12.1 Å². The summed E-state index contributed by atoms with van der Waals surface area (Å²) in [6.45, 7) is 2.77. The lowest BCUT2D eigenvalue weighted by atomic mass is 10.0. The van der Waals surface area contributed by atoms with Gasteiger partial charge in [-0.2, -0.15) is 0 Å². The van der Waals surface area contributed by atoms with E-state index < -0.39 is 5.60 Å². The Morgan fingerprint density at radius 2 is 2.06 bits per heavy atom. The first-order chi connectivity index (χ1) is 8.60. The van der Waals surface area contributed by atoms with Gasteiger partial charge in [0.2, 0.25) is 0 Å². The molecule has 1 saturated carbocycles. The Labute approximate surface area is 107 Å². The fourth-order valence-electron chi connectivity index (χ4n) is 3.17. The zero-order chi connectivity index (χ0) is 12.8. The van der Waals surface area contributed by atoms with E-state index in [4.69, 9.17) is 0 Å². The van der Waals surface area contributed by atoms with Gasteiger partial charge in [0.05, 0.1) is 0 Å². The SMILES string of the molecule is Cc1ccc2c(c1)CCN2C(=O)C1(O)CCCC1. The van der Waals surface area contributed by atoms with E-state index in [0.717, 1.165) is 24.9 Å². The minimum atomic E-state index is -1.10. The van der Waals surface area contributed by atoms with Crippen molar-refractivity contribution in [3.05, 3.63) is 29.3 Å². The van der Waals surface area contributed by atoms with Gasteiger partial charge in [-0.15, -0.1) is 0 Å². The molecule has 0 aromatic heterocycles. The summed E-state index contributed by atoms with van der Waals surface area (Å²) in [4.78, 5) is 14.3. The zero-order valence-electron chi connectivity index (χ0n) is 10.8. The standard InChI is InChI=1S/C15H19NO2/c1-11-4-5-13-12(10-11)6-9-16(13)14(17)15(18)7-2-3-8-15/h4-5,10,18H,2-3,6-9H2,1H3. The van der Waals surface area contributed by atoms with Gasteiger partial charge in [-0.3, -0.25) is 4.79 Å². The summed E-state index contributed by atoms with van der Waals surface area (Å²) < 4.78 is 0. The van der Waals surface area contributed by atoms with Crippen molar-refractivity contribution in [2.24, 2.45) is 0 Å². The molecular weight excluding hydrogens is 226 g/mol. The van der Waals surface area contributed by atoms with Crippen molar-refractivity contribution in [1.29, 1.82) is 0 Å². The van der Waals surface area contributed by atoms with Gasteiger partial charge in [0.15, 0.2) is 0 Å². The third-order valence-corrected chi connectivity index (χ3v) is 4.20. The molecule has 0 saturated heterocycles. The molecule has 0 radical (unpaired) electrons. The average Bonchev–Trinajstić information content (AvgIpc) is 2.95. The monoisotopic (exact) mass is 245 g/mol. The molecule has 96 valence electrons. The summed E-state index contributed by atoms with van der Waals surface area (Å²) in [7, 11) is 0. The molecule has 0 unspecified atom stereocenters. The number of fused-ring (bicyclic) bond motifs is 1. The highest BCUT2D eigenvalue weighted by molar-refractivity contribution is 6.01. The minimum absolute atomic E-state index is 0.0948. The lowest BCUT2D eigenvalue weighted by molar-refractivity contribution is -0.136. The summed E-state index contributed by atoms with van der Waals surface area (Å²) in [6.07, 6.45) is 4.04. The molecule has 18 heavy (non-hydrogen) atoms. The Morgan fingerprint density at radius 3 is 2.78 bits per heavy atom. The normalized spacial score (nSPS) is 21.1. The van der Waals surface area contributed by atoms with Crippen molar-refractivity contribution >= 4 is 11.6 Å². The molecule has 3 heteroatoms. The maximum atomic E-state index is 12.5. The number of nitrogens with zero attached hydrogens (tertiary/aromatic N) is 1. The van der Waals surface area contributed by atoms with Gasteiger partial charge in [0.25, 0.3) is 5.91 Å². The smallest absolute Gasteiger partial charge is 0.258 e. The van der Waals surface area contributed by atoms with E-state index in [0.29, 0.717) is 19.4 Å². The Hall–Kier alpha value is -1.35. The Bertz CT molecular complexity index is 489. The number of anilines is 1. The highest BCUT2D eigenvalue weighted by Crippen LogP contribution is 2.36. The Balaban J connectivity index is 1.90. The van der Waals surface area contributed by atoms with Crippen LogP contribution in [0.1, 0.15) is 36.8 Å². The fourth-order valence-corrected chi connectivity index (χ4v) is 3.17. The maximum absolute atomic E-state index is 12.5. The van der Waals surface area contributed by atoms with Gasteiger partial charge in [-0.05, 0) is 50.7 Å². The second kappa shape index (κ2) is 4.09. The van der Waals surface area contributed by atoms with Crippen LogP contribution in [0.5, 0.6) is 0 Å². The van der Waals surface area contributed by atoms with Crippen LogP contribution in [-0.4, -0.2) is 23.2 Å². The number of hydrogen-bond donors (Lipinski definition) is 1. The van der Waals surface area contributed by atoms with Gasteiger partial charge in [0.1, 0.15) is 5.60 Å². The molecule has 1 fully saturated rings. The van der Waals surface area contributed by atoms with Crippen molar-refractivity contribution in [1.82, 2.24) is 0 Å². The average molecular weight is 245 g/mol. The fraction of sp³-hybridized carbons (Fsp3) is 0.533. The molecule has 1 aliphatic heterocycles. The molecule has 1 aliphatic carbocycles.